The van der Waals surface area contributed by atoms with Crippen molar-refractivity contribution in [3.05, 3.63) is 35.4 Å². The van der Waals surface area contributed by atoms with Crippen LogP contribution in [0.15, 0.2) is 24.3 Å². The highest BCUT2D eigenvalue weighted by molar-refractivity contribution is 5.98. The van der Waals surface area contributed by atoms with Crippen molar-refractivity contribution in [3.63, 3.8) is 0 Å². The van der Waals surface area contributed by atoms with Crippen LogP contribution in [0.3, 0.4) is 0 Å². The van der Waals surface area contributed by atoms with E-state index < -0.39 is 0 Å². The van der Waals surface area contributed by atoms with Gasteiger partial charge in [-0.25, -0.2) is 0 Å². The second kappa shape index (κ2) is 7.25. The fourth-order valence-electron chi connectivity index (χ4n) is 2.96. The number of carbonyl (C=O) groups is 3. The molecule has 1 aromatic rings. The summed E-state index contributed by atoms with van der Waals surface area (Å²) in [5, 5.41) is 2.89. The van der Waals surface area contributed by atoms with Crippen LogP contribution in [-0.2, 0) is 4.79 Å². The summed E-state index contributed by atoms with van der Waals surface area (Å²) in [6, 6.07) is 6.66. The van der Waals surface area contributed by atoms with Gasteiger partial charge in [0.1, 0.15) is 0 Å². The van der Waals surface area contributed by atoms with Crippen LogP contribution in [0.5, 0.6) is 0 Å². The number of benzene rings is 1. The van der Waals surface area contributed by atoms with Gasteiger partial charge < -0.3 is 16.0 Å². The van der Waals surface area contributed by atoms with Crippen molar-refractivity contribution in [2.75, 3.05) is 6.54 Å². The number of piperidine rings is 1. The molecular weight excluding hydrogens is 318 g/mol. The van der Waals surface area contributed by atoms with Crippen LogP contribution in [0.25, 0.3) is 0 Å². The van der Waals surface area contributed by atoms with E-state index in [4.69, 9.17) is 5.73 Å². The van der Waals surface area contributed by atoms with Crippen LogP contribution < -0.4 is 11.1 Å². The monoisotopic (exact) mass is 345 g/mol. The van der Waals surface area contributed by atoms with E-state index in [1.807, 2.05) is 27.7 Å². The number of nitrogens with zero attached hydrogens (tertiary/aromatic N) is 1. The lowest BCUT2D eigenvalue weighted by Gasteiger charge is -2.37. The Labute approximate surface area is 148 Å². The predicted molar refractivity (Wildman–Crippen MR) is 96.1 cm³/mol. The Morgan fingerprint density at radius 3 is 2.16 bits per heavy atom. The third-order valence-corrected chi connectivity index (χ3v) is 4.43. The quantitative estimate of drug-likeness (QED) is 0.877. The van der Waals surface area contributed by atoms with Gasteiger partial charge in [-0.2, -0.15) is 0 Å². The zero-order valence-corrected chi connectivity index (χ0v) is 15.3. The summed E-state index contributed by atoms with van der Waals surface area (Å²) in [4.78, 5) is 38.1. The molecule has 25 heavy (non-hydrogen) atoms. The van der Waals surface area contributed by atoms with Crippen LogP contribution in [0, 0.1) is 5.92 Å². The molecule has 0 aliphatic carbocycles. The van der Waals surface area contributed by atoms with Crippen molar-refractivity contribution < 1.29 is 14.4 Å². The molecule has 1 aliphatic heterocycles. The van der Waals surface area contributed by atoms with Gasteiger partial charge in [0.15, 0.2) is 0 Å². The van der Waals surface area contributed by atoms with Crippen LogP contribution in [0.2, 0.25) is 0 Å². The lowest BCUT2D eigenvalue weighted by molar-refractivity contribution is -0.123. The van der Waals surface area contributed by atoms with Gasteiger partial charge in [0.05, 0.1) is 5.92 Å². The average Bonchev–Trinajstić information content (AvgIpc) is 2.53. The Bertz CT molecular complexity index is 661. The fraction of sp³-hybridized carbons (Fsp3) is 0.526. The second-order valence-electron chi connectivity index (χ2n) is 7.76. The number of nitrogens with two attached hydrogens (primary N) is 1. The van der Waals surface area contributed by atoms with E-state index >= 15 is 0 Å². The van der Waals surface area contributed by atoms with Gasteiger partial charge in [0, 0.05) is 29.3 Å². The first-order chi connectivity index (χ1) is 11.6. The minimum absolute atomic E-state index is 0.0620. The number of rotatable bonds is 3. The van der Waals surface area contributed by atoms with Crippen LogP contribution >= 0.6 is 0 Å². The lowest BCUT2D eigenvalue weighted by Crippen LogP contribution is -2.48. The summed E-state index contributed by atoms with van der Waals surface area (Å²) in [6.07, 6.45) is 1.47. The molecule has 1 fully saturated rings. The number of hydrogen-bond acceptors (Lipinski definition) is 3. The van der Waals surface area contributed by atoms with Crippen molar-refractivity contribution in [1.29, 1.82) is 0 Å². The molecule has 0 saturated carbocycles. The van der Waals surface area contributed by atoms with Crippen molar-refractivity contribution >= 4 is 17.7 Å². The Hall–Kier alpha value is -2.37. The Morgan fingerprint density at radius 1 is 1.08 bits per heavy atom. The van der Waals surface area contributed by atoms with Gasteiger partial charge in [0.25, 0.3) is 11.8 Å². The molecule has 136 valence electrons. The van der Waals surface area contributed by atoms with E-state index in [2.05, 4.69) is 5.32 Å². The third kappa shape index (κ3) is 4.81. The fourth-order valence-corrected chi connectivity index (χ4v) is 2.96. The molecule has 1 heterocycles. The van der Waals surface area contributed by atoms with Crippen molar-refractivity contribution in [2.45, 2.75) is 52.1 Å². The molecule has 1 saturated heterocycles. The molecule has 3 amide bonds. The second-order valence-corrected chi connectivity index (χ2v) is 7.76. The summed E-state index contributed by atoms with van der Waals surface area (Å²) >= 11 is 0. The number of amides is 3. The molecule has 6 nitrogen and oxygen atoms in total. The Balaban J connectivity index is 2.11. The minimum Gasteiger partial charge on any atom is -0.369 e. The zero-order chi connectivity index (χ0) is 18.8. The standard InChI is InChI=1S/C19H27N3O3/c1-12-5-6-15(16(20)23)11-22(12)18(25)14-9-7-13(8-10-14)17(24)21-19(2,3)4/h7-10,12,15H,5-6,11H2,1-4H3,(H2,20,23)(H,21,24). The molecule has 2 unspecified atom stereocenters. The van der Waals surface area contributed by atoms with Gasteiger partial charge in [-0.1, -0.05) is 0 Å². The molecular formula is C19H27N3O3. The number of hydrogen-bond donors (Lipinski definition) is 2. The van der Waals surface area contributed by atoms with Gasteiger partial charge >= 0.3 is 0 Å². The number of carbonyl (C=O) groups excluding carboxylic acids is 3. The first-order valence-electron chi connectivity index (χ1n) is 8.61. The molecule has 2 atom stereocenters. The van der Waals surface area contributed by atoms with Crippen molar-refractivity contribution in [3.8, 4) is 0 Å². The maximum absolute atomic E-state index is 12.8. The normalized spacial score (nSPS) is 20.9. The van der Waals surface area contributed by atoms with Gasteiger partial charge in [-0.05, 0) is 64.8 Å². The molecule has 2 rings (SSSR count). The Morgan fingerprint density at radius 2 is 1.64 bits per heavy atom. The Kier molecular flexibility index (Phi) is 5.50. The van der Waals surface area contributed by atoms with E-state index in [9.17, 15) is 14.4 Å². The summed E-state index contributed by atoms with van der Waals surface area (Å²) in [7, 11) is 0. The number of primary amides is 1. The zero-order valence-electron chi connectivity index (χ0n) is 15.3. The van der Waals surface area contributed by atoms with Crippen molar-refractivity contribution in [1.82, 2.24) is 10.2 Å². The summed E-state index contributed by atoms with van der Waals surface area (Å²) in [5.41, 5.74) is 6.09. The summed E-state index contributed by atoms with van der Waals surface area (Å²) < 4.78 is 0. The molecule has 6 heteroatoms. The van der Waals surface area contributed by atoms with Crippen LogP contribution in [0.1, 0.15) is 61.3 Å². The van der Waals surface area contributed by atoms with Crippen molar-refractivity contribution in [2.24, 2.45) is 11.7 Å². The van der Waals surface area contributed by atoms with E-state index in [-0.39, 0.29) is 35.2 Å². The van der Waals surface area contributed by atoms with E-state index in [1.165, 1.54) is 0 Å². The molecule has 1 aromatic carbocycles. The van der Waals surface area contributed by atoms with Gasteiger partial charge in [-0.15, -0.1) is 0 Å². The highest BCUT2D eigenvalue weighted by Crippen LogP contribution is 2.23. The van der Waals surface area contributed by atoms with Crippen LogP contribution in [-0.4, -0.2) is 40.7 Å². The maximum atomic E-state index is 12.8. The third-order valence-electron chi connectivity index (χ3n) is 4.43. The molecule has 3 N–H and O–H groups in total. The average molecular weight is 345 g/mol. The number of nitrogens with one attached hydrogen (secondary N) is 1. The van der Waals surface area contributed by atoms with Crippen LogP contribution in [0.4, 0.5) is 0 Å². The van der Waals surface area contributed by atoms with Gasteiger partial charge in [0.2, 0.25) is 5.91 Å². The molecule has 1 aliphatic rings. The molecule has 0 radical (unpaired) electrons. The minimum atomic E-state index is -0.362. The molecule has 0 spiro atoms. The largest absolute Gasteiger partial charge is 0.369 e. The molecule has 0 aromatic heterocycles. The maximum Gasteiger partial charge on any atom is 0.254 e. The first-order valence-corrected chi connectivity index (χ1v) is 8.61. The van der Waals surface area contributed by atoms with E-state index in [0.717, 1.165) is 6.42 Å². The lowest BCUT2D eigenvalue weighted by atomic mass is 9.92. The predicted octanol–water partition coefficient (Wildman–Crippen LogP) is 1.94. The molecule has 0 bridgehead atoms. The highest BCUT2D eigenvalue weighted by atomic mass is 16.2. The summed E-state index contributed by atoms with van der Waals surface area (Å²) in [5.74, 6) is -0.969. The van der Waals surface area contributed by atoms with Gasteiger partial charge in [-0.3, -0.25) is 14.4 Å². The highest BCUT2D eigenvalue weighted by Gasteiger charge is 2.32. The smallest absolute Gasteiger partial charge is 0.254 e. The SMILES string of the molecule is CC1CCC(C(N)=O)CN1C(=O)c1ccc(C(=O)NC(C)(C)C)cc1. The van der Waals surface area contributed by atoms with E-state index in [0.29, 0.717) is 24.1 Å². The van der Waals surface area contributed by atoms with E-state index in [1.54, 1.807) is 29.2 Å². The first kappa shape index (κ1) is 19.0. The number of likely N-dealkylation sites (tertiary alicyclic amines) is 1. The topological polar surface area (TPSA) is 92.5 Å². The summed E-state index contributed by atoms with van der Waals surface area (Å²) in [6.45, 7) is 8.06.